The van der Waals surface area contributed by atoms with Crippen molar-refractivity contribution in [3.63, 3.8) is 0 Å². The van der Waals surface area contributed by atoms with Crippen LogP contribution in [0.1, 0.15) is 84.1 Å². The summed E-state index contributed by atoms with van der Waals surface area (Å²) < 4.78 is 56.7. The number of carbonyl (C=O) groups is 5. The number of aromatic nitrogens is 3. The molecule has 3 N–H and O–H groups in total. The second-order valence-electron chi connectivity index (χ2n) is 17.1. The number of piperidine rings is 1. The van der Waals surface area contributed by atoms with Crippen LogP contribution >= 0.6 is 0 Å². The Hall–Kier alpha value is -6.70. The summed E-state index contributed by atoms with van der Waals surface area (Å²) in [6, 6.07) is 8.03. The van der Waals surface area contributed by atoms with Gasteiger partial charge in [0.1, 0.15) is 29.7 Å². The predicted octanol–water partition coefficient (Wildman–Crippen LogP) is 4.46. The van der Waals surface area contributed by atoms with Crippen LogP contribution in [0.25, 0.3) is 16.6 Å². The largest absolute Gasteiger partial charge is 0.416 e. The third-order valence-electron chi connectivity index (χ3n) is 12.9. The van der Waals surface area contributed by atoms with Crippen LogP contribution in [0.5, 0.6) is 0 Å². The first-order valence-corrected chi connectivity index (χ1v) is 22.0. The van der Waals surface area contributed by atoms with Gasteiger partial charge in [-0.25, -0.2) is 14.4 Å². The molecule has 0 radical (unpaired) electrons. The molecule has 2 atom stereocenters. The number of imide groups is 1. The molecule has 348 valence electrons. The van der Waals surface area contributed by atoms with Gasteiger partial charge >= 0.3 is 6.18 Å². The second kappa shape index (κ2) is 19.0. The van der Waals surface area contributed by atoms with Gasteiger partial charge in [-0.05, 0) is 86.2 Å². The lowest BCUT2D eigenvalue weighted by molar-refractivity contribution is -0.138. The van der Waals surface area contributed by atoms with E-state index < -0.39 is 47.4 Å². The van der Waals surface area contributed by atoms with Crippen molar-refractivity contribution >= 4 is 57.6 Å². The van der Waals surface area contributed by atoms with E-state index in [1.807, 2.05) is 6.08 Å². The van der Waals surface area contributed by atoms with E-state index in [0.29, 0.717) is 92.1 Å². The smallest absolute Gasteiger partial charge is 0.374 e. The van der Waals surface area contributed by atoms with Crippen molar-refractivity contribution in [2.75, 3.05) is 63.0 Å². The lowest BCUT2D eigenvalue weighted by Crippen LogP contribution is -2.52. The van der Waals surface area contributed by atoms with E-state index in [9.17, 15) is 41.9 Å². The lowest BCUT2D eigenvalue weighted by atomic mass is 9.99. The van der Waals surface area contributed by atoms with Crippen LogP contribution in [0.15, 0.2) is 59.7 Å². The molecule has 2 fully saturated rings. The van der Waals surface area contributed by atoms with E-state index in [-0.39, 0.29) is 54.6 Å². The summed E-state index contributed by atoms with van der Waals surface area (Å²) >= 11 is 0. The number of nitrogens with one attached hydrogen (secondary N) is 3. The minimum Gasteiger partial charge on any atom is -0.374 e. The molecule has 4 aliphatic rings. The fourth-order valence-electron chi connectivity index (χ4n) is 9.03. The van der Waals surface area contributed by atoms with Crippen LogP contribution in [0, 0.1) is 5.82 Å². The minimum atomic E-state index is -4.48. The molecule has 5 amide bonds. The maximum Gasteiger partial charge on any atom is 0.416 e. The highest BCUT2D eigenvalue weighted by molar-refractivity contribution is 6.05. The van der Waals surface area contributed by atoms with E-state index in [2.05, 4.69) is 30.8 Å². The molecule has 6 heterocycles. The van der Waals surface area contributed by atoms with Crippen molar-refractivity contribution in [2.45, 2.75) is 70.3 Å². The van der Waals surface area contributed by atoms with Gasteiger partial charge in [0.25, 0.3) is 11.5 Å². The summed E-state index contributed by atoms with van der Waals surface area (Å²) in [5, 5.41) is 8.85. The molecule has 0 saturated carbocycles. The zero-order valence-corrected chi connectivity index (χ0v) is 36.5. The van der Waals surface area contributed by atoms with Gasteiger partial charge < -0.3 is 25.3 Å². The van der Waals surface area contributed by atoms with Crippen LogP contribution in [0.2, 0.25) is 0 Å². The average molecular weight is 915 g/mol. The van der Waals surface area contributed by atoms with Gasteiger partial charge in [0.05, 0.1) is 23.2 Å². The number of anilines is 2. The van der Waals surface area contributed by atoms with E-state index in [4.69, 9.17) is 0 Å². The maximum absolute atomic E-state index is 15.1. The summed E-state index contributed by atoms with van der Waals surface area (Å²) in [4.78, 5) is 92.5. The summed E-state index contributed by atoms with van der Waals surface area (Å²) in [5.41, 5.74) is 1.74. The van der Waals surface area contributed by atoms with E-state index in [1.165, 1.54) is 27.9 Å². The number of benzene rings is 2. The Morgan fingerprint density at radius 2 is 1.71 bits per heavy atom. The minimum absolute atomic E-state index is 0.0149. The number of aryl methyl sites for hydroxylation is 1. The molecule has 4 aromatic rings. The maximum atomic E-state index is 15.1. The average Bonchev–Trinajstić information content (AvgIpc) is 3.61. The number of pyridine rings is 1. The molecule has 2 saturated heterocycles. The summed E-state index contributed by atoms with van der Waals surface area (Å²) in [5.74, 6) is -1.93. The van der Waals surface area contributed by atoms with Crippen molar-refractivity contribution in [2.24, 2.45) is 7.05 Å². The number of unbranched alkanes of at least 4 members (excludes halogenated alkanes) is 1. The normalized spacial score (nSPS) is 18.6. The molecule has 20 heteroatoms. The van der Waals surface area contributed by atoms with Crippen molar-refractivity contribution in [1.29, 1.82) is 0 Å². The number of hydrogen-bond acceptors (Lipinski definition) is 11. The van der Waals surface area contributed by atoms with Crippen molar-refractivity contribution in [3.8, 4) is 0 Å². The fourth-order valence-corrected chi connectivity index (χ4v) is 9.03. The Labute approximate surface area is 377 Å². The topological polar surface area (TPSA) is 182 Å². The van der Waals surface area contributed by atoms with Gasteiger partial charge in [-0.2, -0.15) is 13.2 Å². The Kier molecular flexibility index (Phi) is 13.2. The number of halogens is 4. The van der Waals surface area contributed by atoms with Crippen molar-refractivity contribution < 1.29 is 41.5 Å². The monoisotopic (exact) mass is 914 g/mol. The molecular formula is C46H50F4N10O6. The number of nitrogens with zero attached hydrogens (tertiary/aromatic N) is 7. The molecule has 1 unspecified atom stereocenters. The lowest BCUT2D eigenvalue weighted by Gasteiger charge is -2.35. The summed E-state index contributed by atoms with van der Waals surface area (Å²) in [6.07, 6.45) is 1.29. The highest BCUT2D eigenvalue weighted by Crippen LogP contribution is 2.34. The van der Waals surface area contributed by atoms with Crippen LogP contribution in [-0.2, 0) is 38.9 Å². The Morgan fingerprint density at radius 3 is 2.44 bits per heavy atom. The first-order chi connectivity index (χ1) is 31.5. The number of rotatable bonds is 13. The summed E-state index contributed by atoms with van der Waals surface area (Å²) in [7, 11) is 1.60. The predicted molar refractivity (Wildman–Crippen MR) is 235 cm³/mol. The van der Waals surface area contributed by atoms with E-state index in [1.54, 1.807) is 35.9 Å². The zero-order valence-electron chi connectivity index (χ0n) is 36.5. The van der Waals surface area contributed by atoms with Gasteiger partial charge in [0.2, 0.25) is 23.6 Å². The van der Waals surface area contributed by atoms with Crippen LogP contribution in [-0.4, -0.2) is 122 Å². The van der Waals surface area contributed by atoms with Crippen LogP contribution in [0.3, 0.4) is 0 Å². The summed E-state index contributed by atoms with van der Waals surface area (Å²) in [6.45, 7) is 5.50. The molecular weight excluding hydrogens is 865 g/mol. The Morgan fingerprint density at radius 1 is 0.924 bits per heavy atom. The molecule has 8 rings (SSSR count). The Bertz CT molecular complexity index is 2680. The van der Waals surface area contributed by atoms with Gasteiger partial charge in [0.15, 0.2) is 0 Å². The molecule has 0 spiro atoms. The van der Waals surface area contributed by atoms with Crippen LogP contribution in [0.4, 0.5) is 29.1 Å². The third kappa shape index (κ3) is 9.78. The zero-order chi connectivity index (χ0) is 46.9. The molecule has 66 heavy (non-hydrogen) atoms. The van der Waals surface area contributed by atoms with Gasteiger partial charge in [-0.15, -0.1) is 0 Å². The van der Waals surface area contributed by atoms with E-state index >= 15 is 4.39 Å². The van der Waals surface area contributed by atoms with Crippen molar-refractivity contribution in [3.05, 3.63) is 98.9 Å². The van der Waals surface area contributed by atoms with Crippen LogP contribution < -0.4 is 21.5 Å². The first kappa shape index (κ1) is 45.9. The fraction of sp³-hybridized carbons (Fsp3) is 0.435. The number of hydrogen-bond donors (Lipinski definition) is 3. The molecule has 0 aliphatic carbocycles. The molecule has 0 bridgehead atoms. The van der Waals surface area contributed by atoms with Gasteiger partial charge in [-0.1, -0.05) is 18.2 Å². The quantitative estimate of drug-likeness (QED) is 0.0979. The number of amides is 5. The van der Waals surface area contributed by atoms with E-state index in [0.717, 1.165) is 36.7 Å². The molecule has 2 aromatic carbocycles. The second-order valence-corrected chi connectivity index (χ2v) is 17.1. The van der Waals surface area contributed by atoms with Gasteiger partial charge in [-0.3, -0.25) is 43.6 Å². The number of piperazine rings is 1. The standard InChI is InChI=1S/C46H50F4N10O6/c1-27(29-6-5-7-31(20-29)46(48,49)50)54-41-34-22-32(44(65)56(2)42(34)53-26-52-41)28-11-14-58(15-12-28)39(62)8-3-4-13-57-16-18-59(19-17-57)40(63)24-51-36-21-30-25-60(45(66)33(30)23-35(36)47)37-9-10-38(61)55-43(37)64/h5-7,11,20-23,26-27,37,51H,3-4,8-10,12-19,24-25H2,1-2H3,(H,52,53,54)(H,55,61,64)/t27-,37?/m1/s1. The highest BCUT2D eigenvalue weighted by Gasteiger charge is 2.40. The first-order valence-electron chi connectivity index (χ1n) is 22.0. The third-order valence-corrected chi connectivity index (χ3v) is 12.9. The van der Waals surface area contributed by atoms with Crippen molar-refractivity contribution in [1.82, 2.24) is 39.5 Å². The highest BCUT2D eigenvalue weighted by atomic mass is 19.4. The number of carbonyl (C=O) groups excluding carboxylic acids is 5. The molecule has 2 aromatic heterocycles. The van der Waals surface area contributed by atoms with Gasteiger partial charge in [0, 0.05) is 82.9 Å². The Balaban J connectivity index is 0.774. The number of fused-ring (bicyclic) bond motifs is 2. The molecule has 4 aliphatic heterocycles. The SMILES string of the molecule is C[C@@H](Nc1ncnc2c1cc(C1=CCN(C(=O)CCCCN3CCN(C(=O)CNc4cc5c(cc4F)C(=O)N(C4CCC(=O)NC4=O)C5)CC3)CC1)c(=O)n2C)c1cccc(C(F)(F)F)c1. The number of alkyl halides is 3. The molecule has 16 nitrogen and oxygen atoms in total.